The molecule has 3 aromatic rings. The molecular weight excluding hydrogens is 437 g/mol. The smallest absolute Gasteiger partial charge is 0.286 e. The monoisotopic (exact) mass is 461 g/mol. The molecule has 3 heterocycles. The van der Waals surface area contributed by atoms with Gasteiger partial charge in [-0.05, 0) is 24.6 Å². The fourth-order valence-corrected chi connectivity index (χ4v) is 3.94. The van der Waals surface area contributed by atoms with E-state index in [4.69, 9.17) is 9.47 Å². The van der Waals surface area contributed by atoms with Crippen molar-refractivity contribution >= 4 is 32.7 Å². The van der Waals surface area contributed by atoms with Gasteiger partial charge in [0, 0.05) is 30.7 Å². The number of hydrogen-bond acceptors (Lipinski definition) is 7. The van der Waals surface area contributed by atoms with Crippen molar-refractivity contribution in [2.75, 3.05) is 30.5 Å². The summed E-state index contributed by atoms with van der Waals surface area (Å²) in [4.78, 5) is 17.0. The van der Waals surface area contributed by atoms with E-state index in [1.54, 1.807) is 19.9 Å². The lowest BCUT2D eigenvalue weighted by Gasteiger charge is -2.17. The Kier molecular flexibility index (Phi) is 6.11. The van der Waals surface area contributed by atoms with Gasteiger partial charge in [-0.15, -0.1) is 0 Å². The standard InChI is InChI=1S/C21H24FN5O4S/c1-4-32(3,29)26-21(28)16-10-27-19(13(16)2)20(23-12-24-27)25-17-6-5-14(22)9-18(17)31-15-7-8-30-11-15/h5-6,9-10,12,15H,4,7-8,11H2,1-3H3,(H,23,24,25)/t15-,32?/m0/s1. The fourth-order valence-electron chi connectivity index (χ4n) is 3.37. The van der Waals surface area contributed by atoms with E-state index in [2.05, 4.69) is 19.8 Å². The van der Waals surface area contributed by atoms with Crippen LogP contribution < -0.4 is 10.1 Å². The van der Waals surface area contributed by atoms with Crippen LogP contribution >= 0.6 is 0 Å². The van der Waals surface area contributed by atoms with Crippen LogP contribution in [0.5, 0.6) is 5.75 Å². The Morgan fingerprint density at radius 2 is 2.28 bits per heavy atom. The molecule has 0 aliphatic carbocycles. The summed E-state index contributed by atoms with van der Waals surface area (Å²) < 4.78 is 42.8. The summed E-state index contributed by atoms with van der Waals surface area (Å²) in [6.45, 7) is 4.51. The van der Waals surface area contributed by atoms with Crippen LogP contribution in [0.25, 0.3) is 5.52 Å². The van der Waals surface area contributed by atoms with E-state index >= 15 is 0 Å². The van der Waals surface area contributed by atoms with Crippen LogP contribution in [0.3, 0.4) is 0 Å². The summed E-state index contributed by atoms with van der Waals surface area (Å²) in [6.07, 6.45) is 4.88. The Hall–Kier alpha value is -3.05. The van der Waals surface area contributed by atoms with E-state index in [0.29, 0.717) is 41.5 Å². The lowest BCUT2D eigenvalue weighted by molar-refractivity contribution is 0.100. The molecule has 1 amide bonds. The Morgan fingerprint density at radius 1 is 1.47 bits per heavy atom. The van der Waals surface area contributed by atoms with Gasteiger partial charge in [-0.2, -0.15) is 9.46 Å². The van der Waals surface area contributed by atoms with Crippen molar-refractivity contribution in [1.82, 2.24) is 14.6 Å². The molecule has 2 atom stereocenters. The van der Waals surface area contributed by atoms with Gasteiger partial charge in [-0.3, -0.25) is 4.79 Å². The van der Waals surface area contributed by atoms with Gasteiger partial charge < -0.3 is 14.8 Å². The third kappa shape index (κ3) is 4.58. The second-order valence-electron chi connectivity index (χ2n) is 7.58. The minimum Gasteiger partial charge on any atom is -0.486 e. The summed E-state index contributed by atoms with van der Waals surface area (Å²) in [7, 11) is -2.60. The summed E-state index contributed by atoms with van der Waals surface area (Å²) in [5.74, 6) is 0.0203. The highest BCUT2D eigenvalue weighted by molar-refractivity contribution is 7.93. The van der Waals surface area contributed by atoms with Gasteiger partial charge in [0.1, 0.15) is 29.5 Å². The maximum Gasteiger partial charge on any atom is 0.286 e. The second kappa shape index (κ2) is 8.83. The van der Waals surface area contributed by atoms with E-state index in [0.717, 1.165) is 6.42 Å². The summed E-state index contributed by atoms with van der Waals surface area (Å²) >= 11 is 0. The predicted octanol–water partition coefficient (Wildman–Crippen LogP) is 3.35. The molecule has 1 N–H and O–H groups in total. The van der Waals surface area contributed by atoms with E-state index in [1.807, 2.05) is 0 Å². The van der Waals surface area contributed by atoms with Crippen LogP contribution in [0.1, 0.15) is 29.3 Å². The van der Waals surface area contributed by atoms with Crippen LogP contribution in [-0.4, -0.2) is 56.0 Å². The topological polar surface area (TPSA) is 107 Å². The van der Waals surface area contributed by atoms with Crippen molar-refractivity contribution in [3.63, 3.8) is 0 Å². The molecule has 1 unspecified atom stereocenters. The number of halogens is 1. The summed E-state index contributed by atoms with van der Waals surface area (Å²) in [6, 6.07) is 4.19. The minimum absolute atomic E-state index is 0.161. The molecule has 170 valence electrons. The van der Waals surface area contributed by atoms with E-state index in [1.165, 1.54) is 35.4 Å². The lowest BCUT2D eigenvalue weighted by Crippen LogP contribution is -2.16. The van der Waals surface area contributed by atoms with Crippen molar-refractivity contribution in [3.05, 3.63) is 47.7 Å². The van der Waals surface area contributed by atoms with Gasteiger partial charge >= 0.3 is 0 Å². The van der Waals surface area contributed by atoms with Gasteiger partial charge in [-0.25, -0.2) is 18.1 Å². The minimum atomic E-state index is -2.60. The van der Waals surface area contributed by atoms with Crippen molar-refractivity contribution < 1.29 is 22.9 Å². The normalized spacial score (nSPS) is 17.8. The molecule has 0 radical (unpaired) electrons. The zero-order valence-corrected chi connectivity index (χ0v) is 18.8. The molecule has 0 saturated carbocycles. The maximum atomic E-state index is 13.9. The third-order valence-corrected chi connectivity index (χ3v) is 6.87. The number of amides is 1. The van der Waals surface area contributed by atoms with Crippen LogP contribution in [-0.2, 0) is 14.5 Å². The molecule has 9 nitrogen and oxygen atoms in total. The van der Waals surface area contributed by atoms with Crippen LogP contribution in [0.2, 0.25) is 0 Å². The van der Waals surface area contributed by atoms with Crippen LogP contribution in [0.4, 0.5) is 15.9 Å². The molecule has 0 bridgehead atoms. The zero-order valence-electron chi connectivity index (χ0n) is 18.0. The van der Waals surface area contributed by atoms with Gasteiger partial charge in [0.15, 0.2) is 5.82 Å². The molecule has 1 saturated heterocycles. The molecule has 0 spiro atoms. The highest BCUT2D eigenvalue weighted by Crippen LogP contribution is 2.32. The lowest BCUT2D eigenvalue weighted by atomic mass is 10.2. The number of hydrogen-bond donors (Lipinski definition) is 1. The molecule has 1 aliphatic heterocycles. The zero-order chi connectivity index (χ0) is 22.9. The Bertz CT molecular complexity index is 1290. The second-order valence-corrected chi connectivity index (χ2v) is 10.3. The fraction of sp³-hybridized carbons (Fsp3) is 0.381. The Balaban J connectivity index is 1.72. The highest BCUT2D eigenvalue weighted by Gasteiger charge is 2.22. The number of nitrogens with one attached hydrogen (secondary N) is 1. The van der Waals surface area contributed by atoms with E-state index < -0.39 is 21.5 Å². The molecule has 1 aliphatic rings. The summed E-state index contributed by atoms with van der Waals surface area (Å²) in [5.41, 5.74) is 1.93. The highest BCUT2D eigenvalue weighted by atomic mass is 32.2. The van der Waals surface area contributed by atoms with Crippen molar-refractivity contribution in [2.45, 2.75) is 26.4 Å². The number of aryl methyl sites for hydroxylation is 1. The Labute approximate surface area is 185 Å². The quantitative estimate of drug-likeness (QED) is 0.600. The van der Waals surface area contributed by atoms with Gasteiger partial charge in [0.05, 0.1) is 34.2 Å². The molecule has 11 heteroatoms. The first-order valence-corrected chi connectivity index (χ1v) is 12.2. The van der Waals surface area contributed by atoms with Crippen LogP contribution in [0, 0.1) is 12.7 Å². The SMILES string of the molecule is CCS(C)(=O)=NC(=O)c1cn2ncnc(Nc3ccc(F)cc3O[C@H]3CCOC3)c2c1C. The predicted molar refractivity (Wildman–Crippen MR) is 119 cm³/mol. The number of benzene rings is 1. The number of fused-ring (bicyclic) bond motifs is 1. The molecule has 32 heavy (non-hydrogen) atoms. The molecule has 2 aromatic heterocycles. The van der Waals surface area contributed by atoms with Crippen molar-refractivity contribution in [3.8, 4) is 5.75 Å². The number of nitrogens with zero attached hydrogens (tertiary/aromatic N) is 4. The first-order valence-electron chi connectivity index (χ1n) is 10.2. The number of aromatic nitrogens is 3. The summed E-state index contributed by atoms with van der Waals surface area (Å²) in [5, 5.41) is 7.34. The van der Waals surface area contributed by atoms with E-state index in [9.17, 15) is 13.4 Å². The molecular formula is C21H24FN5O4S. The first kappa shape index (κ1) is 22.2. The molecule has 1 fully saturated rings. The average molecular weight is 462 g/mol. The van der Waals surface area contributed by atoms with Crippen molar-refractivity contribution in [2.24, 2.45) is 4.36 Å². The first-order chi connectivity index (χ1) is 15.3. The number of ether oxygens (including phenoxy) is 2. The Morgan fingerprint density at radius 3 is 3.00 bits per heavy atom. The van der Waals surface area contributed by atoms with Crippen LogP contribution in [0.15, 0.2) is 35.1 Å². The largest absolute Gasteiger partial charge is 0.486 e. The van der Waals surface area contributed by atoms with Crippen molar-refractivity contribution in [1.29, 1.82) is 0 Å². The number of carbonyl (C=O) groups is 1. The molecule has 4 rings (SSSR count). The number of carbonyl (C=O) groups excluding carboxylic acids is 1. The third-order valence-electron chi connectivity index (χ3n) is 5.25. The van der Waals surface area contributed by atoms with Gasteiger partial charge in [-0.1, -0.05) is 6.92 Å². The molecule has 1 aromatic carbocycles. The average Bonchev–Trinajstić information content (AvgIpc) is 3.38. The van der Waals surface area contributed by atoms with Gasteiger partial charge in [0.2, 0.25) is 0 Å². The van der Waals surface area contributed by atoms with Gasteiger partial charge in [0.25, 0.3) is 5.91 Å². The number of rotatable bonds is 6. The van der Waals surface area contributed by atoms with E-state index in [-0.39, 0.29) is 17.4 Å². The maximum absolute atomic E-state index is 13.9. The number of anilines is 2.